The standard InChI is InChI=1S/C18H21N3O5S/c1-20(2)27(25,26)13-7-5-6-12(10-13)19-16(22)11-21-17(23)14-8-3-4-9-15(14)18(21)24/h3-7,10,14-15H,8-9,11H2,1-2H3,(H,19,22)/t14-,15-/m1/s1. The second-order valence-electron chi connectivity index (χ2n) is 6.78. The number of allylic oxidation sites excluding steroid dienone is 2. The molecule has 1 saturated heterocycles. The zero-order valence-corrected chi connectivity index (χ0v) is 15.9. The summed E-state index contributed by atoms with van der Waals surface area (Å²) in [6.07, 6.45) is 4.79. The van der Waals surface area contributed by atoms with Gasteiger partial charge < -0.3 is 5.32 Å². The first kappa shape index (κ1) is 19.2. The minimum Gasteiger partial charge on any atom is -0.324 e. The molecule has 2 aliphatic rings. The molecule has 1 aromatic rings. The molecule has 8 nitrogen and oxygen atoms in total. The molecule has 1 aliphatic carbocycles. The molecule has 1 N–H and O–H groups in total. The second-order valence-corrected chi connectivity index (χ2v) is 8.93. The van der Waals surface area contributed by atoms with E-state index in [-0.39, 0.29) is 40.8 Å². The van der Waals surface area contributed by atoms with Crippen molar-refractivity contribution in [1.82, 2.24) is 9.21 Å². The van der Waals surface area contributed by atoms with E-state index in [1.807, 2.05) is 12.2 Å². The molecule has 1 heterocycles. The molecule has 27 heavy (non-hydrogen) atoms. The van der Waals surface area contributed by atoms with Crippen LogP contribution in [0.25, 0.3) is 0 Å². The molecule has 0 spiro atoms. The Hall–Kier alpha value is -2.52. The minimum atomic E-state index is -3.63. The van der Waals surface area contributed by atoms with E-state index in [4.69, 9.17) is 0 Å². The number of hydrogen-bond donors (Lipinski definition) is 1. The Balaban J connectivity index is 1.70. The third kappa shape index (κ3) is 3.65. The van der Waals surface area contributed by atoms with Gasteiger partial charge in [-0.25, -0.2) is 12.7 Å². The van der Waals surface area contributed by atoms with Crippen molar-refractivity contribution in [2.75, 3.05) is 26.0 Å². The summed E-state index contributed by atoms with van der Waals surface area (Å²) in [4.78, 5) is 38.2. The number of anilines is 1. The Morgan fingerprint density at radius 3 is 2.30 bits per heavy atom. The minimum absolute atomic E-state index is 0.0377. The van der Waals surface area contributed by atoms with Crippen molar-refractivity contribution in [2.24, 2.45) is 11.8 Å². The highest BCUT2D eigenvalue weighted by Gasteiger charge is 2.47. The van der Waals surface area contributed by atoms with Gasteiger partial charge in [0.15, 0.2) is 0 Å². The van der Waals surface area contributed by atoms with E-state index in [2.05, 4.69) is 5.32 Å². The lowest BCUT2D eigenvalue weighted by Gasteiger charge is -2.15. The van der Waals surface area contributed by atoms with Gasteiger partial charge in [0.2, 0.25) is 27.7 Å². The third-order valence-corrected chi connectivity index (χ3v) is 6.61. The van der Waals surface area contributed by atoms with Gasteiger partial charge in [-0.05, 0) is 31.0 Å². The third-order valence-electron chi connectivity index (χ3n) is 4.80. The number of nitrogens with zero attached hydrogens (tertiary/aromatic N) is 2. The van der Waals surface area contributed by atoms with Crippen molar-refractivity contribution in [3.8, 4) is 0 Å². The number of fused-ring (bicyclic) bond motifs is 1. The SMILES string of the molecule is CN(C)S(=O)(=O)c1cccc(NC(=O)CN2C(=O)[C@@H]3CC=CC[C@H]3C2=O)c1. The fraction of sp³-hybridized carbons (Fsp3) is 0.389. The van der Waals surface area contributed by atoms with Crippen molar-refractivity contribution in [3.63, 3.8) is 0 Å². The van der Waals surface area contributed by atoms with Gasteiger partial charge >= 0.3 is 0 Å². The van der Waals surface area contributed by atoms with Gasteiger partial charge in [-0.15, -0.1) is 0 Å². The highest BCUT2D eigenvalue weighted by molar-refractivity contribution is 7.89. The van der Waals surface area contributed by atoms with Crippen molar-refractivity contribution in [3.05, 3.63) is 36.4 Å². The zero-order chi connectivity index (χ0) is 19.8. The van der Waals surface area contributed by atoms with Gasteiger partial charge in [0.25, 0.3) is 0 Å². The average Bonchev–Trinajstić information content (AvgIpc) is 2.87. The van der Waals surface area contributed by atoms with Crippen LogP contribution in [0, 0.1) is 11.8 Å². The number of sulfonamides is 1. The van der Waals surface area contributed by atoms with Crippen LogP contribution in [0.2, 0.25) is 0 Å². The van der Waals surface area contributed by atoms with E-state index < -0.39 is 15.9 Å². The molecule has 3 rings (SSSR count). The first-order valence-electron chi connectivity index (χ1n) is 8.54. The van der Waals surface area contributed by atoms with Crippen LogP contribution in [0.3, 0.4) is 0 Å². The molecule has 1 fully saturated rings. The van der Waals surface area contributed by atoms with Crippen LogP contribution >= 0.6 is 0 Å². The van der Waals surface area contributed by atoms with E-state index in [1.54, 1.807) is 6.07 Å². The van der Waals surface area contributed by atoms with Crippen molar-refractivity contribution in [1.29, 1.82) is 0 Å². The average molecular weight is 391 g/mol. The van der Waals surface area contributed by atoms with Crippen LogP contribution in [-0.2, 0) is 24.4 Å². The number of carbonyl (C=O) groups is 3. The largest absolute Gasteiger partial charge is 0.324 e. The fourth-order valence-corrected chi connectivity index (χ4v) is 4.26. The summed E-state index contributed by atoms with van der Waals surface area (Å²) in [5, 5.41) is 2.56. The molecule has 9 heteroatoms. The molecule has 0 unspecified atom stereocenters. The maximum Gasteiger partial charge on any atom is 0.244 e. The van der Waals surface area contributed by atoms with Gasteiger partial charge in [-0.3, -0.25) is 19.3 Å². The van der Waals surface area contributed by atoms with E-state index in [9.17, 15) is 22.8 Å². The molecule has 0 bridgehead atoms. The number of amides is 3. The van der Waals surface area contributed by atoms with Gasteiger partial charge in [0.05, 0.1) is 16.7 Å². The number of nitrogens with one attached hydrogen (secondary N) is 1. The first-order chi connectivity index (χ1) is 12.7. The summed E-state index contributed by atoms with van der Waals surface area (Å²) >= 11 is 0. The fourth-order valence-electron chi connectivity index (χ4n) is 3.31. The molecular weight excluding hydrogens is 370 g/mol. The molecule has 0 aromatic heterocycles. The number of carbonyl (C=O) groups excluding carboxylic acids is 3. The van der Waals surface area contributed by atoms with Crippen LogP contribution in [0.1, 0.15) is 12.8 Å². The number of likely N-dealkylation sites (tertiary alicyclic amines) is 1. The van der Waals surface area contributed by atoms with Gasteiger partial charge in [-0.2, -0.15) is 0 Å². The highest BCUT2D eigenvalue weighted by atomic mass is 32.2. The predicted molar refractivity (Wildman–Crippen MR) is 98.0 cm³/mol. The molecule has 1 aliphatic heterocycles. The van der Waals surface area contributed by atoms with Crippen LogP contribution < -0.4 is 5.32 Å². The first-order valence-corrected chi connectivity index (χ1v) is 9.98. The number of imide groups is 1. The summed E-state index contributed by atoms with van der Waals surface area (Å²) < 4.78 is 25.5. The maximum absolute atomic E-state index is 12.4. The van der Waals surface area contributed by atoms with E-state index in [1.165, 1.54) is 32.3 Å². The van der Waals surface area contributed by atoms with Crippen LogP contribution in [0.4, 0.5) is 5.69 Å². The number of hydrogen-bond acceptors (Lipinski definition) is 5. The molecule has 0 saturated carbocycles. The Kier molecular flexibility index (Phi) is 5.16. The normalized spacial score (nSPS) is 22.3. The zero-order valence-electron chi connectivity index (χ0n) is 15.1. The number of rotatable bonds is 5. The van der Waals surface area contributed by atoms with Gasteiger partial charge in [-0.1, -0.05) is 18.2 Å². The van der Waals surface area contributed by atoms with Crippen molar-refractivity contribution < 1.29 is 22.8 Å². The monoisotopic (exact) mass is 391 g/mol. The molecule has 0 radical (unpaired) electrons. The molecule has 2 atom stereocenters. The lowest BCUT2D eigenvalue weighted by atomic mass is 9.85. The second kappa shape index (κ2) is 7.24. The number of benzene rings is 1. The Morgan fingerprint density at radius 1 is 1.15 bits per heavy atom. The summed E-state index contributed by atoms with van der Waals surface area (Å²) in [6.45, 7) is -0.380. The maximum atomic E-state index is 12.4. The quantitative estimate of drug-likeness (QED) is 0.591. The molecule has 3 amide bonds. The lowest BCUT2D eigenvalue weighted by Crippen LogP contribution is -2.38. The van der Waals surface area contributed by atoms with Crippen molar-refractivity contribution >= 4 is 33.4 Å². The smallest absolute Gasteiger partial charge is 0.244 e. The predicted octanol–water partition coefficient (Wildman–Crippen LogP) is 0.827. The summed E-state index contributed by atoms with van der Waals surface area (Å²) in [7, 11) is -0.801. The molecule has 144 valence electrons. The van der Waals surface area contributed by atoms with Crippen molar-refractivity contribution in [2.45, 2.75) is 17.7 Å². The topological polar surface area (TPSA) is 104 Å². The van der Waals surface area contributed by atoms with Crippen LogP contribution in [0.15, 0.2) is 41.3 Å². The van der Waals surface area contributed by atoms with E-state index in [0.717, 1.165) is 9.21 Å². The van der Waals surface area contributed by atoms with Gasteiger partial charge in [0.1, 0.15) is 6.54 Å². The Bertz CT molecular complexity index is 897. The van der Waals surface area contributed by atoms with Crippen LogP contribution in [-0.4, -0.2) is 56.0 Å². The lowest BCUT2D eigenvalue weighted by molar-refractivity contribution is -0.142. The summed E-state index contributed by atoms with van der Waals surface area (Å²) in [5.41, 5.74) is 0.279. The molecular formula is C18H21N3O5S. The molecule has 1 aromatic carbocycles. The summed E-state index contributed by atoms with van der Waals surface area (Å²) in [5.74, 6) is -1.97. The van der Waals surface area contributed by atoms with Crippen LogP contribution in [0.5, 0.6) is 0 Å². The van der Waals surface area contributed by atoms with Gasteiger partial charge in [0, 0.05) is 19.8 Å². The highest BCUT2D eigenvalue weighted by Crippen LogP contribution is 2.34. The Labute approximate surface area is 157 Å². The van der Waals surface area contributed by atoms with E-state index in [0.29, 0.717) is 12.8 Å². The van der Waals surface area contributed by atoms with E-state index >= 15 is 0 Å². The Morgan fingerprint density at radius 2 is 1.74 bits per heavy atom. The summed E-state index contributed by atoms with van der Waals surface area (Å²) in [6, 6.07) is 5.82.